The lowest BCUT2D eigenvalue weighted by atomic mass is 10.5. The summed E-state index contributed by atoms with van der Waals surface area (Å²) in [5.74, 6) is -0.166. The molecule has 1 atom stereocenters. The lowest BCUT2D eigenvalue weighted by Crippen LogP contribution is -2.39. The van der Waals surface area contributed by atoms with Crippen molar-refractivity contribution in [3.63, 3.8) is 0 Å². The Kier molecular flexibility index (Phi) is 2.80. The molecule has 0 spiro atoms. The van der Waals surface area contributed by atoms with Crippen molar-refractivity contribution in [3.05, 3.63) is 0 Å². The SMILES string of the molecule is CCN1C(C(=O)OC)=NNC1S. The molecule has 0 aromatic heterocycles. The zero-order valence-electron chi connectivity index (χ0n) is 6.94. The maximum Gasteiger partial charge on any atom is 0.375 e. The first-order chi connectivity index (χ1) is 5.70. The summed E-state index contributed by atoms with van der Waals surface area (Å²) in [6.45, 7) is 2.57. The van der Waals surface area contributed by atoms with Gasteiger partial charge in [0.25, 0.3) is 0 Å². The monoisotopic (exact) mass is 189 g/mol. The number of nitrogens with one attached hydrogen (secondary N) is 1. The zero-order chi connectivity index (χ0) is 9.14. The van der Waals surface area contributed by atoms with Crippen molar-refractivity contribution in [2.75, 3.05) is 13.7 Å². The number of hydrogen-bond acceptors (Lipinski definition) is 6. The second-order valence-corrected chi connectivity index (χ2v) is 2.70. The van der Waals surface area contributed by atoms with Gasteiger partial charge in [-0.15, -0.1) is 12.6 Å². The van der Waals surface area contributed by atoms with Crippen LogP contribution in [0.4, 0.5) is 0 Å². The lowest BCUT2D eigenvalue weighted by molar-refractivity contribution is -0.133. The van der Waals surface area contributed by atoms with E-state index >= 15 is 0 Å². The molecule has 1 rings (SSSR count). The van der Waals surface area contributed by atoms with E-state index in [0.717, 1.165) is 0 Å². The molecule has 0 saturated heterocycles. The van der Waals surface area contributed by atoms with E-state index in [0.29, 0.717) is 6.54 Å². The molecule has 0 aromatic rings. The Morgan fingerprint density at radius 1 is 1.92 bits per heavy atom. The number of thiol groups is 1. The molecule has 0 radical (unpaired) electrons. The van der Waals surface area contributed by atoms with Crippen molar-refractivity contribution in [2.24, 2.45) is 5.10 Å². The Morgan fingerprint density at radius 2 is 2.58 bits per heavy atom. The van der Waals surface area contributed by atoms with Gasteiger partial charge in [0, 0.05) is 6.54 Å². The van der Waals surface area contributed by atoms with E-state index in [2.05, 4.69) is 27.9 Å². The standard InChI is InChI=1S/C6H11N3O2S/c1-3-9-4(5(10)11-2)7-8-6(9)12/h6,8,12H,3H2,1-2H3. The van der Waals surface area contributed by atoms with Crippen molar-refractivity contribution in [1.29, 1.82) is 0 Å². The summed E-state index contributed by atoms with van der Waals surface area (Å²) < 4.78 is 4.53. The summed E-state index contributed by atoms with van der Waals surface area (Å²) in [6.07, 6.45) is 0. The number of esters is 1. The van der Waals surface area contributed by atoms with Crippen molar-refractivity contribution in [1.82, 2.24) is 10.3 Å². The second-order valence-electron chi connectivity index (χ2n) is 2.22. The fourth-order valence-corrected chi connectivity index (χ4v) is 1.28. The second kappa shape index (κ2) is 3.66. The van der Waals surface area contributed by atoms with Crippen molar-refractivity contribution in [3.8, 4) is 0 Å². The molecule has 0 bridgehead atoms. The Hall–Kier alpha value is -0.910. The van der Waals surface area contributed by atoms with Gasteiger partial charge in [-0.05, 0) is 6.92 Å². The molecule has 1 heterocycles. The smallest absolute Gasteiger partial charge is 0.375 e. The Morgan fingerprint density at radius 3 is 3.08 bits per heavy atom. The molecule has 1 unspecified atom stereocenters. The summed E-state index contributed by atoms with van der Waals surface area (Å²) in [7, 11) is 1.32. The molecule has 1 aliphatic heterocycles. The summed E-state index contributed by atoms with van der Waals surface area (Å²) in [4.78, 5) is 12.8. The van der Waals surface area contributed by atoms with Gasteiger partial charge in [0.1, 0.15) is 0 Å². The number of hydrogen-bond donors (Lipinski definition) is 2. The molecule has 0 aromatic carbocycles. The topological polar surface area (TPSA) is 53.9 Å². The Labute approximate surface area is 76.2 Å². The Bertz CT molecular complexity index is 219. The molecule has 12 heavy (non-hydrogen) atoms. The molecule has 0 fully saturated rings. The molecule has 6 heteroatoms. The number of rotatable bonds is 2. The number of likely N-dealkylation sites (N-methyl/N-ethyl adjacent to an activating group) is 1. The van der Waals surface area contributed by atoms with Gasteiger partial charge in [-0.2, -0.15) is 5.10 Å². The number of carbonyl (C=O) groups is 1. The normalized spacial score (nSPS) is 21.8. The largest absolute Gasteiger partial charge is 0.463 e. The van der Waals surface area contributed by atoms with Crippen LogP contribution in [0.3, 0.4) is 0 Å². The highest BCUT2D eigenvalue weighted by atomic mass is 32.1. The van der Waals surface area contributed by atoms with E-state index < -0.39 is 5.97 Å². The lowest BCUT2D eigenvalue weighted by Gasteiger charge is -2.19. The van der Waals surface area contributed by atoms with E-state index in [9.17, 15) is 4.79 Å². The first-order valence-corrected chi connectivity index (χ1v) is 4.08. The van der Waals surface area contributed by atoms with Crippen LogP contribution in [0.1, 0.15) is 6.92 Å². The molecule has 0 aliphatic carbocycles. The van der Waals surface area contributed by atoms with Gasteiger partial charge in [-0.3, -0.25) is 5.43 Å². The van der Waals surface area contributed by atoms with E-state index in [-0.39, 0.29) is 11.3 Å². The van der Waals surface area contributed by atoms with E-state index in [1.54, 1.807) is 4.90 Å². The van der Waals surface area contributed by atoms with Gasteiger partial charge < -0.3 is 9.64 Å². The van der Waals surface area contributed by atoms with Crippen LogP contribution in [-0.2, 0) is 9.53 Å². The summed E-state index contributed by atoms with van der Waals surface area (Å²) in [6, 6.07) is 0. The number of amidine groups is 1. The van der Waals surface area contributed by atoms with Crippen molar-refractivity contribution >= 4 is 24.4 Å². The first kappa shape index (κ1) is 9.18. The summed E-state index contributed by atoms with van der Waals surface area (Å²) >= 11 is 4.15. The van der Waals surface area contributed by atoms with Crippen LogP contribution < -0.4 is 5.43 Å². The molecule has 0 saturated carbocycles. The minimum Gasteiger partial charge on any atom is -0.463 e. The van der Waals surface area contributed by atoms with Crippen LogP contribution in [-0.4, -0.2) is 35.9 Å². The molecule has 0 amide bonds. The zero-order valence-corrected chi connectivity index (χ0v) is 7.84. The quantitative estimate of drug-likeness (QED) is 0.459. The average molecular weight is 189 g/mol. The summed E-state index contributed by atoms with van der Waals surface area (Å²) in [5.41, 5.74) is 2.43. The van der Waals surface area contributed by atoms with Gasteiger partial charge in [-0.1, -0.05) is 0 Å². The third kappa shape index (κ3) is 1.47. The van der Waals surface area contributed by atoms with Crippen LogP contribution in [0.5, 0.6) is 0 Å². The van der Waals surface area contributed by atoms with Crippen LogP contribution in [0.15, 0.2) is 5.10 Å². The highest BCUT2D eigenvalue weighted by Gasteiger charge is 2.28. The fraction of sp³-hybridized carbons (Fsp3) is 0.667. The van der Waals surface area contributed by atoms with Gasteiger partial charge in [0.05, 0.1) is 7.11 Å². The molecule has 5 nitrogen and oxygen atoms in total. The minimum absolute atomic E-state index is 0.232. The van der Waals surface area contributed by atoms with Crippen molar-refractivity contribution < 1.29 is 9.53 Å². The first-order valence-electron chi connectivity index (χ1n) is 3.57. The van der Waals surface area contributed by atoms with Crippen LogP contribution >= 0.6 is 12.6 Å². The number of hydrazone groups is 1. The maximum atomic E-state index is 11.1. The number of nitrogens with zero attached hydrogens (tertiary/aromatic N) is 2. The van der Waals surface area contributed by atoms with Gasteiger partial charge in [0.2, 0.25) is 5.84 Å². The molecule has 1 N–H and O–H groups in total. The molecule has 1 aliphatic rings. The fourth-order valence-electron chi connectivity index (χ4n) is 0.946. The van der Waals surface area contributed by atoms with Gasteiger partial charge >= 0.3 is 5.97 Å². The molecular formula is C6H11N3O2S. The maximum absolute atomic E-state index is 11.1. The Balaban J connectivity index is 2.71. The van der Waals surface area contributed by atoms with Crippen LogP contribution in [0, 0.1) is 0 Å². The molecular weight excluding hydrogens is 178 g/mol. The highest BCUT2D eigenvalue weighted by Crippen LogP contribution is 2.09. The number of carbonyl (C=O) groups excluding carboxylic acids is 1. The highest BCUT2D eigenvalue weighted by molar-refractivity contribution is 7.80. The van der Waals surface area contributed by atoms with Crippen LogP contribution in [0.2, 0.25) is 0 Å². The summed E-state index contributed by atoms with van der Waals surface area (Å²) in [5, 5.41) is 3.78. The number of methoxy groups -OCH3 is 1. The van der Waals surface area contributed by atoms with Crippen LogP contribution in [0.25, 0.3) is 0 Å². The van der Waals surface area contributed by atoms with E-state index in [1.807, 2.05) is 6.92 Å². The van der Waals surface area contributed by atoms with Crippen molar-refractivity contribution in [2.45, 2.75) is 12.4 Å². The van der Waals surface area contributed by atoms with Gasteiger partial charge in [0.15, 0.2) is 5.50 Å². The predicted octanol–water partition coefficient (Wildman–Crippen LogP) is -0.389. The third-order valence-electron chi connectivity index (χ3n) is 1.56. The average Bonchev–Trinajstić information content (AvgIpc) is 2.45. The third-order valence-corrected chi connectivity index (χ3v) is 1.96. The molecule has 68 valence electrons. The minimum atomic E-state index is -0.444. The van der Waals surface area contributed by atoms with E-state index in [1.165, 1.54) is 7.11 Å². The van der Waals surface area contributed by atoms with Gasteiger partial charge in [-0.25, -0.2) is 4.79 Å². The predicted molar refractivity (Wildman–Crippen MR) is 47.7 cm³/mol. The van der Waals surface area contributed by atoms with E-state index in [4.69, 9.17) is 0 Å². The number of ether oxygens (including phenoxy) is 1.